The van der Waals surface area contributed by atoms with E-state index in [4.69, 9.17) is 9.47 Å². The number of carbonyl (C=O) groups excluding carboxylic acids is 2. The van der Waals surface area contributed by atoms with Crippen molar-refractivity contribution >= 4 is 23.9 Å². The Hall–Kier alpha value is -5.32. The number of carboxylic acids is 2. The molecule has 0 aromatic heterocycles. The number of aryl methyl sites for hydroxylation is 1. The predicted molar refractivity (Wildman–Crippen MR) is 201 cm³/mol. The quantitative estimate of drug-likeness (QED) is 0.150. The highest BCUT2D eigenvalue weighted by atomic mass is 16.6. The molecule has 0 bridgehead atoms. The van der Waals surface area contributed by atoms with Crippen molar-refractivity contribution in [1.29, 1.82) is 0 Å². The van der Waals surface area contributed by atoms with Crippen molar-refractivity contribution in [2.24, 2.45) is 0 Å². The number of esters is 2. The Kier molecular flexibility index (Phi) is 14.3. The highest BCUT2D eigenvalue weighted by Crippen LogP contribution is 2.29. The van der Waals surface area contributed by atoms with Crippen molar-refractivity contribution in [2.45, 2.75) is 69.7 Å². The van der Waals surface area contributed by atoms with Crippen LogP contribution in [0.1, 0.15) is 75.6 Å². The zero-order valence-electron chi connectivity index (χ0n) is 30.1. The standard InChI is InChI=1S/C25H34N2.C18H14O8/c1-21-9-8-10-22(19-21)20-25(23-11-4-2-5-12-23)27-17-15-26(16-18-27)24-13-6-3-7-14-24;19-15(20)13(25-17(23)11-7-3-1-4-8-11)14(16(21)22)26-18(24)12-9-5-2-6-10-12/h2,4-5,8-12,19,24-25H,3,6-7,13-18,20H2,1H3;1-10,13-14H,(H,19,20)(H,21,22)/t;13-,14-/m.0/s1. The topological polar surface area (TPSA) is 134 Å². The van der Waals surface area contributed by atoms with Crippen LogP contribution < -0.4 is 0 Å². The van der Waals surface area contributed by atoms with Gasteiger partial charge in [-0.15, -0.1) is 0 Å². The third kappa shape index (κ3) is 11.3. The second kappa shape index (κ2) is 19.5. The molecule has 1 aliphatic heterocycles. The minimum absolute atomic E-state index is 0.0253. The summed E-state index contributed by atoms with van der Waals surface area (Å²) in [6, 6.07) is 36.4. The summed E-state index contributed by atoms with van der Waals surface area (Å²) in [6.07, 6.45) is 3.84. The van der Waals surface area contributed by atoms with Gasteiger partial charge in [-0.1, -0.05) is 116 Å². The Bertz CT molecular complexity index is 1700. The molecule has 4 aromatic rings. The molecule has 53 heavy (non-hydrogen) atoms. The molecular formula is C43H48N2O8. The molecule has 278 valence electrons. The summed E-state index contributed by atoms with van der Waals surface area (Å²) >= 11 is 0. The molecule has 3 atom stereocenters. The van der Waals surface area contributed by atoms with E-state index in [-0.39, 0.29) is 11.1 Å². The number of ether oxygens (including phenoxy) is 2. The monoisotopic (exact) mass is 720 g/mol. The van der Waals surface area contributed by atoms with Crippen molar-refractivity contribution in [1.82, 2.24) is 9.80 Å². The van der Waals surface area contributed by atoms with Gasteiger partial charge in [-0.3, -0.25) is 9.80 Å². The maximum atomic E-state index is 12.0. The van der Waals surface area contributed by atoms with Crippen LogP contribution in [0.2, 0.25) is 0 Å². The maximum absolute atomic E-state index is 12.0. The van der Waals surface area contributed by atoms with Crippen LogP contribution in [-0.2, 0) is 25.5 Å². The summed E-state index contributed by atoms with van der Waals surface area (Å²) in [5.41, 5.74) is 4.33. The molecule has 2 aliphatic rings. The lowest BCUT2D eigenvalue weighted by molar-refractivity contribution is -0.166. The van der Waals surface area contributed by atoms with Crippen molar-refractivity contribution in [3.63, 3.8) is 0 Å². The smallest absolute Gasteiger partial charge is 0.349 e. The van der Waals surface area contributed by atoms with Crippen LogP contribution in [-0.4, -0.2) is 88.3 Å². The summed E-state index contributed by atoms with van der Waals surface area (Å²) in [7, 11) is 0. The molecule has 10 nitrogen and oxygen atoms in total. The van der Waals surface area contributed by atoms with Gasteiger partial charge in [0, 0.05) is 38.3 Å². The van der Waals surface area contributed by atoms with Crippen LogP contribution >= 0.6 is 0 Å². The van der Waals surface area contributed by atoms with Crippen LogP contribution in [0, 0.1) is 6.92 Å². The summed E-state index contributed by atoms with van der Waals surface area (Å²) < 4.78 is 9.52. The first-order valence-corrected chi connectivity index (χ1v) is 18.3. The number of aliphatic carboxylic acids is 2. The van der Waals surface area contributed by atoms with E-state index in [1.165, 1.54) is 124 Å². The fourth-order valence-corrected chi connectivity index (χ4v) is 7.05. The molecule has 0 radical (unpaired) electrons. The SMILES string of the molecule is Cc1cccc(CC(c2ccccc2)N2CCN(C3CCCCC3)CC2)c1.O=C(O[C@H](C(=O)O)[C@H](OC(=O)c1ccccc1)C(=O)O)c1ccccc1. The van der Waals surface area contributed by atoms with Gasteiger partial charge in [-0.05, 0) is 61.6 Å². The molecule has 4 aromatic carbocycles. The van der Waals surface area contributed by atoms with Gasteiger partial charge in [-0.2, -0.15) is 0 Å². The van der Waals surface area contributed by atoms with E-state index < -0.39 is 36.1 Å². The van der Waals surface area contributed by atoms with Crippen LogP contribution in [0.3, 0.4) is 0 Å². The lowest BCUT2D eigenvalue weighted by atomic mass is 9.93. The van der Waals surface area contributed by atoms with E-state index >= 15 is 0 Å². The van der Waals surface area contributed by atoms with Crippen molar-refractivity contribution < 1.29 is 38.9 Å². The third-order valence-corrected chi connectivity index (χ3v) is 9.83. The van der Waals surface area contributed by atoms with E-state index in [1.807, 2.05) is 0 Å². The Morgan fingerprint density at radius 3 is 1.60 bits per heavy atom. The first kappa shape index (κ1) is 38.9. The van der Waals surface area contributed by atoms with Gasteiger partial charge in [0.25, 0.3) is 0 Å². The Morgan fingerprint density at radius 2 is 1.13 bits per heavy atom. The van der Waals surface area contributed by atoms with Crippen LogP contribution in [0.4, 0.5) is 0 Å². The normalized spacial score (nSPS) is 16.9. The Labute approximate surface area is 311 Å². The largest absolute Gasteiger partial charge is 0.478 e. The molecule has 0 amide bonds. The molecule has 10 heteroatoms. The fraction of sp³-hybridized carbons (Fsp3) is 0.349. The van der Waals surface area contributed by atoms with E-state index in [0.29, 0.717) is 6.04 Å². The second-order valence-corrected chi connectivity index (χ2v) is 13.5. The lowest BCUT2D eigenvalue weighted by Crippen LogP contribution is -2.51. The van der Waals surface area contributed by atoms with Gasteiger partial charge in [-0.25, -0.2) is 19.2 Å². The first-order chi connectivity index (χ1) is 25.7. The maximum Gasteiger partial charge on any atom is 0.349 e. The zero-order valence-corrected chi connectivity index (χ0v) is 30.1. The number of carboxylic acid groups (broad SMARTS) is 2. The fourth-order valence-electron chi connectivity index (χ4n) is 7.05. The third-order valence-electron chi connectivity index (χ3n) is 9.83. The number of hydrogen-bond donors (Lipinski definition) is 2. The lowest BCUT2D eigenvalue weighted by Gasteiger charge is -2.43. The Morgan fingerprint density at radius 1 is 0.642 bits per heavy atom. The van der Waals surface area contributed by atoms with Crippen LogP contribution in [0.5, 0.6) is 0 Å². The van der Waals surface area contributed by atoms with Crippen LogP contribution in [0.25, 0.3) is 0 Å². The summed E-state index contributed by atoms with van der Waals surface area (Å²) in [5, 5.41) is 18.5. The minimum atomic E-state index is -2.21. The van der Waals surface area contributed by atoms with Gasteiger partial charge < -0.3 is 19.7 Å². The Balaban J connectivity index is 0.000000205. The summed E-state index contributed by atoms with van der Waals surface area (Å²) in [4.78, 5) is 52.4. The van der Waals surface area contributed by atoms with Gasteiger partial charge in [0.2, 0.25) is 12.2 Å². The molecule has 1 saturated carbocycles. The van der Waals surface area contributed by atoms with Gasteiger partial charge in [0.1, 0.15) is 0 Å². The van der Waals surface area contributed by atoms with E-state index in [1.54, 1.807) is 12.1 Å². The molecule has 1 saturated heterocycles. The average Bonchev–Trinajstić information content (AvgIpc) is 3.19. The minimum Gasteiger partial charge on any atom is -0.478 e. The summed E-state index contributed by atoms with van der Waals surface area (Å²) in [6.45, 7) is 7.07. The number of rotatable bonds is 12. The highest BCUT2D eigenvalue weighted by molar-refractivity contribution is 5.95. The van der Waals surface area contributed by atoms with Gasteiger partial charge >= 0.3 is 23.9 Å². The van der Waals surface area contributed by atoms with E-state index in [2.05, 4.69) is 71.3 Å². The number of hydrogen-bond acceptors (Lipinski definition) is 8. The predicted octanol–water partition coefficient (Wildman–Crippen LogP) is 6.84. The molecular weight excluding hydrogens is 672 g/mol. The van der Waals surface area contributed by atoms with Gasteiger partial charge in [0.05, 0.1) is 11.1 Å². The molecule has 2 N–H and O–H groups in total. The molecule has 2 fully saturated rings. The van der Waals surface area contributed by atoms with Gasteiger partial charge in [0.15, 0.2) is 0 Å². The molecule has 1 aliphatic carbocycles. The average molecular weight is 721 g/mol. The number of nitrogens with zero attached hydrogens (tertiary/aromatic N) is 2. The van der Waals surface area contributed by atoms with Crippen molar-refractivity contribution in [3.05, 3.63) is 143 Å². The molecule has 1 heterocycles. The van der Waals surface area contributed by atoms with Crippen LogP contribution in [0.15, 0.2) is 115 Å². The zero-order chi connectivity index (χ0) is 37.6. The van der Waals surface area contributed by atoms with Crippen molar-refractivity contribution in [2.75, 3.05) is 26.2 Å². The number of piperazine rings is 1. The summed E-state index contributed by atoms with van der Waals surface area (Å²) in [5.74, 6) is -5.63. The van der Waals surface area contributed by atoms with Crippen molar-refractivity contribution in [3.8, 4) is 0 Å². The van der Waals surface area contributed by atoms with E-state index in [0.717, 1.165) is 12.5 Å². The second-order valence-electron chi connectivity index (χ2n) is 13.5. The van der Waals surface area contributed by atoms with E-state index in [9.17, 15) is 29.4 Å². The molecule has 6 rings (SSSR count). The first-order valence-electron chi connectivity index (χ1n) is 18.3. The number of carbonyl (C=O) groups is 4. The number of benzene rings is 4. The molecule has 1 unspecified atom stereocenters. The highest BCUT2D eigenvalue weighted by Gasteiger charge is 2.41. The molecule has 0 spiro atoms.